The maximum Gasteiger partial charge on any atom is 0.255 e. The van der Waals surface area contributed by atoms with Crippen LogP contribution in [-0.2, 0) is 0 Å². The molecule has 1 amide bonds. The summed E-state index contributed by atoms with van der Waals surface area (Å²) in [4.78, 5) is 15.3. The lowest BCUT2D eigenvalue weighted by Crippen LogP contribution is -2.11. The van der Waals surface area contributed by atoms with Crippen molar-refractivity contribution in [2.45, 2.75) is 6.92 Å². The molecule has 2 aromatic carbocycles. The second-order valence-corrected chi connectivity index (χ2v) is 5.55. The number of rotatable bonds is 2. The van der Waals surface area contributed by atoms with Crippen molar-refractivity contribution in [3.8, 4) is 0 Å². The van der Waals surface area contributed by atoms with Crippen molar-refractivity contribution in [1.29, 1.82) is 0 Å². The van der Waals surface area contributed by atoms with E-state index in [0.29, 0.717) is 5.56 Å². The van der Waals surface area contributed by atoms with Crippen molar-refractivity contribution in [3.05, 3.63) is 64.3 Å². The Morgan fingerprint density at radius 2 is 2.00 bits per heavy atom. The predicted octanol–water partition coefficient (Wildman–Crippen LogP) is 4.49. The van der Waals surface area contributed by atoms with Gasteiger partial charge in [-0.3, -0.25) is 4.79 Å². The highest BCUT2D eigenvalue weighted by molar-refractivity contribution is 9.10. The highest BCUT2D eigenvalue weighted by Gasteiger charge is 2.08. The van der Waals surface area contributed by atoms with E-state index in [1.54, 1.807) is 0 Å². The van der Waals surface area contributed by atoms with Crippen molar-refractivity contribution < 1.29 is 4.79 Å². The number of anilines is 1. The number of H-pyrrole nitrogens is 1. The van der Waals surface area contributed by atoms with Gasteiger partial charge in [-0.05, 0) is 54.3 Å². The van der Waals surface area contributed by atoms with E-state index in [0.717, 1.165) is 26.6 Å². The first-order chi connectivity index (χ1) is 9.63. The first-order valence-corrected chi connectivity index (χ1v) is 7.07. The fourth-order valence-electron chi connectivity index (χ4n) is 2.11. The van der Waals surface area contributed by atoms with Gasteiger partial charge in [0.1, 0.15) is 0 Å². The highest BCUT2D eigenvalue weighted by Crippen LogP contribution is 2.21. The molecule has 3 aromatic rings. The van der Waals surface area contributed by atoms with Gasteiger partial charge in [0, 0.05) is 27.4 Å². The number of hydrogen-bond acceptors (Lipinski definition) is 1. The number of carbonyl (C=O) groups is 1. The van der Waals surface area contributed by atoms with Gasteiger partial charge >= 0.3 is 0 Å². The lowest BCUT2D eigenvalue weighted by molar-refractivity contribution is 0.102. The number of aromatic nitrogens is 1. The summed E-state index contributed by atoms with van der Waals surface area (Å²) in [6.07, 6.45) is 1.87. The van der Waals surface area contributed by atoms with Crippen LogP contribution < -0.4 is 5.32 Å². The van der Waals surface area contributed by atoms with Crippen LogP contribution in [0.25, 0.3) is 10.9 Å². The van der Waals surface area contributed by atoms with Gasteiger partial charge in [-0.1, -0.05) is 22.0 Å². The molecule has 20 heavy (non-hydrogen) atoms. The van der Waals surface area contributed by atoms with Crippen molar-refractivity contribution in [1.82, 2.24) is 4.98 Å². The van der Waals surface area contributed by atoms with Crippen LogP contribution in [0.1, 0.15) is 15.9 Å². The zero-order valence-corrected chi connectivity index (χ0v) is 12.5. The summed E-state index contributed by atoms with van der Waals surface area (Å²) in [6.45, 7) is 1.99. The number of aromatic amines is 1. The smallest absolute Gasteiger partial charge is 0.255 e. The Bertz CT molecular complexity index is 792. The van der Waals surface area contributed by atoms with Gasteiger partial charge in [0.2, 0.25) is 0 Å². The molecule has 0 fully saturated rings. The molecule has 0 atom stereocenters. The number of carbonyl (C=O) groups excluding carboxylic acids is 1. The standard InChI is InChI=1S/C16H13BrN2O/c1-10-8-13(4-5-14(10)17)19-16(20)12-3-2-11-6-7-18-15(11)9-12/h2-9,18H,1H3,(H,19,20). The Hall–Kier alpha value is -2.07. The second kappa shape index (κ2) is 5.13. The molecule has 3 rings (SSSR count). The van der Waals surface area contributed by atoms with E-state index in [-0.39, 0.29) is 5.91 Å². The quantitative estimate of drug-likeness (QED) is 0.715. The maximum absolute atomic E-state index is 12.2. The molecular formula is C16H13BrN2O. The topological polar surface area (TPSA) is 44.9 Å². The van der Waals surface area contributed by atoms with Crippen molar-refractivity contribution in [2.24, 2.45) is 0 Å². The Kier molecular flexibility index (Phi) is 3.32. The third-order valence-electron chi connectivity index (χ3n) is 3.23. The van der Waals surface area contributed by atoms with Crippen LogP contribution in [0, 0.1) is 6.92 Å². The normalized spacial score (nSPS) is 10.7. The number of halogens is 1. The molecule has 1 aromatic heterocycles. The van der Waals surface area contributed by atoms with Crippen molar-refractivity contribution in [3.63, 3.8) is 0 Å². The molecule has 0 saturated carbocycles. The Morgan fingerprint density at radius 1 is 1.15 bits per heavy atom. The van der Waals surface area contributed by atoms with Crippen LogP contribution >= 0.6 is 15.9 Å². The van der Waals surface area contributed by atoms with E-state index >= 15 is 0 Å². The molecule has 0 unspecified atom stereocenters. The van der Waals surface area contributed by atoms with Crippen molar-refractivity contribution >= 4 is 38.4 Å². The van der Waals surface area contributed by atoms with Gasteiger partial charge in [0.15, 0.2) is 0 Å². The second-order valence-electron chi connectivity index (χ2n) is 4.70. The molecule has 0 aliphatic heterocycles. The summed E-state index contributed by atoms with van der Waals surface area (Å²) < 4.78 is 1.03. The zero-order valence-electron chi connectivity index (χ0n) is 10.9. The fraction of sp³-hybridized carbons (Fsp3) is 0.0625. The van der Waals surface area contributed by atoms with E-state index < -0.39 is 0 Å². The predicted molar refractivity (Wildman–Crippen MR) is 85.1 cm³/mol. The number of benzene rings is 2. The number of nitrogens with one attached hydrogen (secondary N) is 2. The molecule has 1 heterocycles. The van der Waals surface area contributed by atoms with Crippen LogP contribution in [0.15, 0.2) is 53.1 Å². The lowest BCUT2D eigenvalue weighted by Gasteiger charge is -2.07. The van der Waals surface area contributed by atoms with Crippen LogP contribution in [-0.4, -0.2) is 10.9 Å². The molecule has 4 heteroatoms. The van der Waals surface area contributed by atoms with E-state index in [1.165, 1.54) is 0 Å². The van der Waals surface area contributed by atoms with E-state index in [1.807, 2.05) is 55.6 Å². The largest absolute Gasteiger partial charge is 0.361 e. The van der Waals surface area contributed by atoms with Gasteiger partial charge in [-0.2, -0.15) is 0 Å². The van der Waals surface area contributed by atoms with Crippen LogP contribution in [0.2, 0.25) is 0 Å². The average molecular weight is 329 g/mol. The van der Waals surface area contributed by atoms with E-state index in [9.17, 15) is 4.79 Å². The number of hydrogen-bond donors (Lipinski definition) is 2. The van der Waals surface area contributed by atoms with Crippen LogP contribution in [0.4, 0.5) is 5.69 Å². The average Bonchev–Trinajstić information content (AvgIpc) is 2.90. The highest BCUT2D eigenvalue weighted by atomic mass is 79.9. The summed E-state index contributed by atoms with van der Waals surface area (Å²) in [7, 11) is 0. The number of fused-ring (bicyclic) bond motifs is 1. The Labute approximate surface area is 125 Å². The third kappa shape index (κ3) is 2.47. The lowest BCUT2D eigenvalue weighted by atomic mass is 10.1. The molecule has 3 nitrogen and oxygen atoms in total. The Balaban J connectivity index is 1.86. The van der Waals surface area contributed by atoms with Gasteiger partial charge in [-0.25, -0.2) is 0 Å². The molecule has 0 aliphatic rings. The summed E-state index contributed by atoms with van der Waals surface area (Å²) in [5.74, 6) is -0.108. The van der Waals surface area contributed by atoms with Gasteiger partial charge in [-0.15, -0.1) is 0 Å². The Morgan fingerprint density at radius 3 is 2.80 bits per heavy atom. The van der Waals surface area contributed by atoms with Gasteiger partial charge in [0.25, 0.3) is 5.91 Å². The molecule has 100 valence electrons. The number of aryl methyl sites for hydroxylation is 1. The monoisotopic (exact) mass is 328 g/mol. The first-order valence-electron chi connectivity index (χ1n) is 6.28. The minimum absolute atomic E-state index is 0.108. The molecule has 0 radical (unpaired) electrons. The van der Waals surface area contributed by atoms with Crippen molar-refractivity contribution in [2.75, 3.05) is 5.32 Å². The minimum Gasteiger partial charge on any atom is -0.361 e. The van der Waals surface area contributed by atoms with E-state index in [2.05, 4.69) is 26.2 Å². The minimum atomic E-state index is -0.108. The fourth-order valence-corrected chi connectivity index (χ4v) is 2.36. The summed E-state index contributed by atoms with van der Waals surface area (Å²) in [5.41, 5.74) is 3.48. The molecule has 0 aliphatic carbocycles. The van der Waals surface area contributed by atoms with E-state index in [4.69, 9.17) is 0 Å². The maximum atomic E-state index is 12.2. The molecule has 0 spiro atoms. The summed E-state index contributed by atoms with van der Waals surface area (Å²) in [5, 5.41) is 4.01. The van der Waals surface area contributed by atoms with Crippen LogP contribution in [0.5, 0.6) is 0 Å². The number of amides is 1. The zero-order chi connectivity index (χ0) is 14.1. The van der Waals surface area contributed by atoms with Gasteiger partial charge in [0.05, 0.1) is 0 Å². The first kappa shape index (κ1) is 12.9. The van der Waals surface area contributed by atoms with Gasteiger partial charge < -0.3 is 10.3 Å². The SMILES string of the molecule is Cc1cc(NC(=O)c2ccc3cc[nH]c3c2)ccc1Br. The molecular weight excluding hydrogens is 316 g/mol. The molecule has 2 N–H and O–H groups in total. The summed E-state index contributed by atoms with van der Waals surface area (Å²) in [6, 6.07) is 13.4. The summed E-state index contributed by atoms with van der Waals surface area (Å²) >= 11 is 3.45. The molecule has 0 saturated heterocycles. The third-order valence-corrected chi connectivity index (χ3v) is 4.12. The van der Waals surface area contributed by atoms with Crippen LogP contribution in [0.3, 0.4) is 0 Å². The molecule has 0 bridgehead atoms.